The van der Waals surface area contributed by atoms with Crippen molar-refractivity contribution < 1.29 is 0 Å². The van der Waals surface area contributed by atoms with Crippen LogP contribution in [0.2, 0.25) is 0 Å². The van der Waals surface area contributed by atoms with Crippen LogP contribution in [0.1, 0.15) is 37.0 Å². The van der Waals surface area contributed by atoms with E-state index in [-0.39, 0.29) is 0 Å². The van der Waals surface area contributed by atoms with Crippen LogP contribution in [0, 0.1) is 5.41 Å². The number of fused-ring (bicyclic) bond motifs is 5. The number of hydrogen-bond acceptors (Lipinski definition) is 8. The fraction of sp³-hybridized carbons (Fsp3) is 0.440. The highest BCUT2D eigenvalue weighted by Gasteiger charge is 2.32. The molecule has 6 rings (SSSR count). The van der Waals surface area contributed by atoms with Crippen LogP contribution in [0.25, 0.3) is 20.4 Å². The summed E-state index contributed by atoms with van der Waals surface area (Å²) < 4.78 is 1.10. The number of pyridine rings is 2. The predicted molar refractivity (Wildman–Crippen MR) is 140 cm³/mol. The molecule has 6 nitrogen and oxygen atoms in total. The first-order chi connectivity index (χ1) is 16.1. The van der Waals surface area contributed by atoms with Crippen LogP contribution in [-0.2, 0) is 19.4 Å². The molecule has 0 atom stereocenters. The Morgan fingerprint density at radius 2 is 1.91 bits per heavy atom. The number of hydrogen-bond donors (Lipinski definition) is 1. The van der Waals surface area contributed by atoms with Gasteiger partial charge in [-0.25, -0.2) is 15.0 Å². The van der Waals surface area contributed by atoms with Gasteiger partial charge in [-0.3, -0.25) is 4.98 Å². The van der Waals surface area contributed by atoms with Crippen LogP contribution in [0.5, 0.6) is 0 Å². The minimum Gasteiger partial charge on any atom is -0.365 e. The summed E-state index contributed by atoms with van der Waals surface area (Å²) in [6, 6.07) is 4.05. The normalized spacial score (nSPS) is 17.9. The number of thioether (sulfide) groups is 1. The van der Waals surface area contributed by atoms with E-state index in [1.54, 1.807) is 17.7 Å². The third-order valence-corrected chi connectivity index (χ3v) is 8.85. The highest BCUT2D eigenvalue weighted by Crippen LogP contribution is 2.46. The minimum absolute atomic E-state index is 0.292. The maximum absolute atomic E-state index is 5.29. The molecule has 1 aliphatic heterocycles. The Morgan fingerprint density at radius 3 is 2.73 bits per heavy atom. The Bertz CT molecular complexity index is 1310. The summed E-state index contributed by atoms with van der Waals surface area (Å²) in [4.78, 5) is 22.4. The fourth-order valence-electron chi connectivity index (χ4n) is 5.03. The average Bonchev–Trinajstić information content (AvgIpc) is 3.22. The smallest absolute Gasteiger partial charge is 0.147 e. The van der Waals surface area contributed by atoms with Gasteiger partial charge in [0.15, 0.2) is 0 Å². The van der Waals surface area contributed by atoms with Crippen molar-refractivity contribution in [2.24, 2.45) is 5.41 Å². The average molecular weight is 477 g/mol. The maximum Gasteiger partial charge on any atom is 0.147 e. The SMILES string of the molecule is CC1(C)CCc2c(N3CCSCC3)nc3sc4c(NCc5ccncc5)ncnc4c3c2C1. The van der Waals surface area contributed by atoms with Crippen LogP contribution in [0.4, 0.5) is 11.6 Å². The molecule has 8 heteroatoms. The van der Waals surface area contributed by atoms with E-state index in [0.29, 0.717) is 12.0 Å². The molecule has 0 amide bonds. The first-order valence-corrected chi connectivity index (χ1v) is 13.6. The summed E-state index contributed by atoms with van der Waals surface area (Å²) in [6.45, 7) is 7.67. The first-order valence-electron chi connectivity index (χ1n) is 11.6. The van der Waals surface area contributed by atoms with Crippen molar-refractivity contribution >= 4 is 55.2 Å². The number of nitrogens with zero attached hydrogens (tertiary/aromatic N) is 5. The standard InChI is InChI=1S/C25H28N6S2/c1-25(2)6-3-17-18(13-25)19-20-21(33-24(19)30-23(17)31-9-11-32-12-10-31)22(29-15-28-20)27-14-16-4-7-26-8-5-16/h4-5,7-8,15H,3,6,9-14H2,1-2H3,(H,27,28,29). The molecule has 1 fully saturated rings. The van der Waals surface area contributed by atoms with E-state index in [0.717, 1.165) is 46.8 Å². The van der Waals surface area contributed by atoms with Crippen LogP contribution in [0.3, 0.4) is 0 Å². The number of nitrogens with one attached hydrogen (secondary N) is 1. The van der Waals surface area contributed by atoms with Gasteiger partial charge in [0.2, 0.25) is 0 Å². The van der Waals surface area contributed by atoms with Crippen molar-refractivity contribution in [2.45, 2.75) is 39.7 Å². The van der Waals surface area contributed by atoms with Gasteiger partial charge in [-0.05, 0) is 53.5 Å². The van der Waals surface area contributed by atoms with Crippen molar-refractivity contribution in [3.8, 4) is 0 Å². The first kappa shape index (κ1) is 21.1. The lowest BCUT2D eigenvalue weighted by Crippen LogP contribution is -2.35. The summed E-state index contributed by atoms with van der Waals surface area (Å²) in [5.74, 6) is 4.47. The second-order valence-corrected chi connectivity index (χ2v) is 11.9. The van der Waals surface area contributed by atoms with Gasteiger partial charge in [0.1, 0.15) is 22.8 Å². The summed E-state index contributed by atoms with van der Waals surface area (Å²) in [7, 11) is 0. The second kappa shape index (κ2) is 8.40. The van der Waals surface area contributed by atoms with Gasteiger partial charge in [-0.15, -0.1) is 11.3 Å². The molecule has 4 aromatic rings. The minimum atomic E-state index is 0.292. The highest BCUT2D eigenvalue weighted by atomic mass is 32.2. The van der Waals surface area contributed by atoms with Crippen LogP contribution < -0.4 is 10.2 Å². The van der Waals surface area contributed by atoms with Gasteiger partial charge in [0, 0.05) is 48.9 Å². The van der Waals surface area contributed by atoms with Gasteiger partial charge < -0.3 is 10.2 Å². The van der Waals surface area contributed by atoms with Gasteiger partial charge >= 0.3 is 0 Å². The molecule has 1 N–H and O–H groups in total. The van der Waals surface area contributed by atoms with Crippen LogP contribution in [-0.4, -0.2) is 44.5 Å². The summed E-state index contributed by atoms with van der Waals surface area (Å²) in [6.07, 6.45) is 8.72. The Balaban J connectivity index is 1.50. The molecule has 0 spiro atoms. The van der Waals surface area contributed by atoms with Crippen LogP contribution in [0.15, 0.2) is 30.9 Å². The molecule has 2 aliphatic rings. The maximum atomic E-state index is 5.29. The van der Waals surface area contributed by atoms with Gasteiger partial charge in [-0.1, -0.05) is 13.8 Å². The molecule has 1 saturated heterocycles. The molecular formula is C25H28N6S2. The zero-order valence-electron chi connectivity index (χ0n) is 19.1. The van der Waals surface area contributed by atoms with E-state index in [9.17, 15) is 0 Å². The zero-order valence-corrected chi connectivity index (χ0v) is 20.7. The lowest BCUT2D eigenvalue weighted by atomic mass is 9.73. The van der Waals surface area contributed by atoms with Crippen molar-refractivity contribution in [3.63, 3.8) is 0 Å². The number of aromatic nitrogens is 4. The third-order valence-electron chi connectivity index (χ3n) is 6.82. The number of anilines is 2. The van der Waals surface area contributed by atoms with E-state index >= 15 is 0 Å². The Morgan fingerprint density at radius 1 is 1.09 bits per heavy atom. The molecule has 0 radical (unpaired) electrons. The van der Waals surface area contributed by atoms with Crippen molar-refractivity contribution in [3.05, 3.63) is 47.5 Å². The third kappa shape index (κ3) is 3.93. The zero-order chi connectivity index (χ0) is 22.4. The van der Waals surface area contributed by atoms with Crippen molar-refractivity contribution in [1.29, 1.82) is 0 Å². The van der Waals surface area contributed by atoms with Gasteiger partial charge in [-0.2, -0.15) is 11.8 Å². The van der Waals surface area contributed by atoms with Crippen LogP contribution >= 0.6 is 23.1 Å². The molecular weight excluding hydrogens is 448 g/mol. The molecule has 0 saturated carbocycles. The van der Waals surface area contributed by atoms with Gasteiger partial charge in [0.05, 0.1) is 10.2 Å². The molecule has 4 aromatic heterocycles. The number of thiophene rings is 1. The quantitative estimate of drug-likeness (QED) is 0.428. The topological polar surface area (TPSA) is 66.8 Å². The lowest BCUT2D eigenvalue weighted by Gasteiger charge is -2.36. The predicted octanol–water partition coefficient (Wildman–Crippen LogP) is 5.31. The molecule has 0 bridgehead atoms. The number of rotatable bonds is 4. The molecule has 0 aromatic carbocycles. The van der Waals surface area contributed by atoms with E-state index in [1.165, 1.54) is 45.8 Å². The molecule has 0 unspecified atom stereocenters. The summed E-state index contributed by atoms with van der Waals surface area (Å²) in [5.41, 5.74) is 5.44. The largest absolute Gasteiger partial charge is 0.365 e. The highest BCUT2D eigenvalue weighted by molar-refractivity contribution is 7.99. The van der Waals surface area contributed by atoms with E-state index in [1.807, 2.05) is 36.3 Å². The Hall–Kier alpha value is -2.45. The lowest BCUT2D eigenvalue weighted by molar-refractivity contribution is 0.316. The molecule has 5 heterocycles. The monoisotopic (exact) mass is 476 g/mol. The van der Waals surface area contributed by atoms with Crippen molar-refractivity contribution in [1.82, 2.24) is 19.9 Å². The van der Waals surface area contributed by atoms with E-state index < -0.39 is 0 Å². The Labute approximate surface area is 202 Å². The van der Waals surface area contributed by atoms with Crippen molar-refractivity contribution in [2.75, 3.05) is 34.8 Å². The Kier molecular flexibility index (Phi) is 5.37. The summed E-state index contributed by atoms with van der Waals surface area (Å²) >= 11 is 3.78. The van der Waals surface area contributed by atoms with E-state index in [4.69, 9.17) is 9.97 Å². The molecule has 1 aliphatic carbocycles. The fourth-order valence-corrected chi connectivity index (χ4v) is 7.06. The molecule has 33 heavy (non-hydrogen) atoms. The van der Waals surface area contributed by atoms with E-state index in [2.05, 4.69) is 34.0 Å². The molecule has 170 valence electrons. The summed E-state index contributed by atoms with van der Waals surface area (Å²) in [5, 5.41) is 4.78. The van der Waals surface area contributed by atoms with Gasteiger partial charge in [0.25, 0.3) is 0 Å². The second-order valence-electron chi connectivity index (χ2n) is 9.72.